The van der Waals surface area contributed by atoms with E-state index in [1.807, 2.05) is 0 Å². The first-order chi connectivity index (χ1) is 10.5. The monoisotopic (exact) mass is 341 g/mol. The number of aromatic nitrogens is 1. The third-order valence-corrected chi connectivity index (χ3v) is 6.03. The molecule has 0 N–H and O–H groups in total. The number of thiazole rings is 1. The van der Waals surface area contributed by atoms with Crippen LogP contribution in [0.5, 0.6) is 0 Å². The van der Waals surface area contributed by atoms with E-state index in [0.29, 0.717) is 22.9 Å². The molecule has 0 amide bonds. The highest BCUT2D eigenvalue weighted by Gasteiger charge is 2.24. The van der Waals surface area contributed by atoms with Gasteiger partial charge in [0, 0.05) is 17.6 Å². The molecule has 0 aliphatic carbocycles. The zero-order chi connectivity index (χ0) is 15.6. The summed E-state index contributed by atoms with van der Waals surface area (Å²) in [5.41, 5.74) is 0.858. The Hall–Kier alpha value is -1.31. The third kappa shape index (κ3) is 3.71. The van der Waals surface area contributed by atoms with Crippen LogP contribution in [0.1, 0.15) is 18.5 Å². The first kappa shape index (κ1) is 15.6. The van der Waals surface area contributed by atoms with Gasteiger partial charge < -0.3 is 4.74 Å². The standard InChI is InChI=1S/C15H16FNO3S2/c16-14-6-2-1-5-13(14)15-17-11(8-21-15)9-22(18,19)10-12-4-3-7-20-12/h1-2,5-6,8,12H,3-4,7,9-10H2. The van der Waals surface area contributed by atoms with Crippen LogP contribution in [0.2, 0.25) is 0 Å². The predicted molar refractivity (Wildman–Crippen MR) is 84.0 cm³/mol. The molecule has 3 rings (SSSR count). The summed E-state index contributed by atoms with van der Waals surface area (Å²) in [6.45, 7) is 0.633. The second kappa shape index (κ2) is 6.44. The van der Waals surface area contributed by atoms with E-state index in [-0.39, 0.29) is 23.4 Å². The van der Waals surface area contributed by atoms with Gasteiger partial charge in [-0.15, -0.1) is 11.3 Å². The number of ether oxygens (including phenoxy) is 1. The number of benzene rings is 1. The van der Waals surface area contributed by atoms with Gasteiger partial charge in [0.25, 0.3) is 0 Å². The van der Waals surface area contributed by atoms with E-state index in [1.54, 1.807) is 23.6 Å². The quantitative estimate of drug-likeness (QED) is 0.839. The van der Waals surface area contributed by atoms with Crippen molar-refractivity contribution >= 4 is 21.2 Å². The van der Waals surface area contributed by atoms with Crippen LogP contribution in [0.15, 0.2) is 29.6 Å². The van der Waals surface area contributed by atoms with Crippen LogP contribution in [-0.4, -0.2) is 31.9 Å². The topological polar surface area (TPSA) is 56.3 Å². The maximum atomic E-state index is 13.7. The molecule has 1 aromatic heterocycles. The van der Waals surface area contributed by atoms with Gasteiger partial charge in [-0.1, -0.05) is 12.1 Å². The molecule has 2 aromatic rings. The molecule has 4 nitrogen and oxygen atoms in total. The summed E-state index contributed by atoms with van der Waals surface area (Å²) >= 11 is 1.25. The van der Waals surface area contributed by atoms with Crippen molar-refractivity contribution in [1.82, 2.24) is 4.98 Å². The fourth-order valence-electron chi connectivity index (χ4n) is 2.47. The molecule has 0 radical (unpaired) electrons. The molecule has 1 aliphatic heterocycles. The van der Waals surface area contributed by atoms with Crippen LogP contribution in [0.25, 0.3) is 10.6 Å². The summed E-state index contributed by atoms with van der Waals surface area (Å²) in [5.74, 6) is -0.456. The fraction of sp³-hybridized carbons (Fsp3) is 0.400. The number of hydrogen-bond acceptors (Lipinski definition) is 5. The summed E-state index contributed by atoms with van der Waals surface area (Å²) in [4.78, 5) is 4.26. The van der Waals surface area contributed by atoms with Crippen molar-refractivity contribution in [3.05, 3.63) is 41.2 Å². The van der Waals surface area contributed by atoms with Gasteiger partial charge in [-0.05, 0) is 25.0 Å². The molecule has 2 heterocycles. The Bertz CT molecular complexity index is 752. The van der Waals surface area contributed by atoms with Gasteiger partial charge in [-0.3, -0.25) is 0 Å². The summed E-state index contributed by atoms with van der Waals surface area (Å²) in [5, 5.41) is 2.18. The van der Waals surface area contributed by atoms with Gasteiger partial charge in [-0.2, -0.15) is 0 Å². The first-order valence-corrected chi connectivity index (χ1v) is 9.75. The number of halogens is 1. The van der Waals surface area contributed by atoms with Crippen molar-refractivity contribution in [3.63, 3.8) is 0 Å². The largest absolute Gasteiger partial charge is 0.377 e. The minimum absolute atomic E-state index is 0.0273. The van der Waals surface area contributed by atoms with Crippen LogP contribution >= 0.6 is 11.3 Å². The lowest BCUT2D eigenvalue weighted by Crippen LogP contribution is -2.21. The second-order valence-corrected chi connectivity index (χ2v) is 8.28. The summed E-state index contributed by atoms with van der Waals surface area (Å²) in [6.07, 6.45) is 1.50. The summed E-state index contributed by atoms with van der Waals surface area (Å²) in [6, 6.07) is 6.34. The highest BCUT2D eigenvalue weighted by Crippen LogP contribution is 2.27. The normalized spacial score (nSPS) is 18.7. The number of hydrogen-bond donors (Lipinski definition) is 0. The molecule has 1 atom stereocenters. The Morgan fingerprint density at radius 3 is 2.91 bits per heavy atom. The van der Waals surface area contributed by atoms with E-state index in [4.69, 9.17) is 4.74 Å². The highest BCUT2D eigenvalue weighted by molar-refractivity contribution is 7.90. The zero-order valence-electron chi connectivity index (χ0n) is 11.9. The number of rotatable bonds is 5. The maximum absolute atomic E-state index is 13.7. The van der Waals surface area contributed by atoms with Crippen LogP contribution in [0, 0.1) is 5.82 Å². The smallest absolute Gasteiger partial charge is 0.158 e. The van der Waals surface area contributed by atoms with Crippen LogP contribution in [0.4, 0.5) is 4.39 Å². The van der Waals surface area contributed by atoms with Gasteiger partial charge in [0.2, 0.25) is 0 Å². The lowest BCUT2D eigenvalue weighted by Gasteiger charge is -2.08. The Balaban J connectivity index is 1.72. The van der Waals surface area contributed by atoms with Crippen molar-refractivity contribution in [2.24, 2.45) is 0 Å². The van der Waals surface area contributed by atoms with Crippen LogP contribution < -0.4 is 0 Å². The van der Waals surface area contributed by atoms with Crippen molar-refractivity contribution in [2.75, 3.05) is 12.4 Å². The van der Waals surface area contributed by atoms with E-state index < -0.39 is 9.84 Å². The number of nitrogens with zero attached hydrogens (tertiary/aromatic N) is 1. The van der Waals surface area contributed by atoms with Crippen molar-refractivity contribution in [1.29, 1.82) is 0 Å². The second-order valence-electron chi connectivity index (χ2n) is 5.31. The average Bonchev–Trinajstić information content (AvgIpc) is 3.10. The Kier molecular flexibility index (Phi) is 4.56. The molecule has 1 saturated heterocycles. The molecular formula is C15H16FNO3S2. The lowest BCUT2D eigenvalue weighted by molar-refractivity contribution is 0.127. The molecule has 0 bridgehead atoms. The lowest BCUT2D eigenvalue weighted by atomic mass is 10.2. The van der Waals surface area contributed by atoms with Crippen molar-refractivity contribution < 1.29 is 17.5 Å². The van der Waals surface area contributed by atoms with Gasteiger partial charge in [-0.25, -0.2) is 17.8 Å². The van der Waals surface area contributed by atoms with E-state index in [1.165, 1.54) is 17.4 Å². The molecule has 1 fully saturated rings. The maximum Gasteiger partial charge on any atom is 0.158 e. The molecule has 7 heteroatoms. The SMILES string of the molecule is O=S(=O)(Cc1csc(-c2ccccc2F)n1)CC1CCCO1. The predicted octanol–water partition coefficient (Wildman–Crippen LogP) is 3.04. The summed E-state index contributed by atoms with van der Waals surface area (Å²) in [7, 11) is -3.27. The third-order valence-electron chi connectivity index (χ3n) is 3.49. The molecule has 1 unspecified atom stereocenters. The highest BCUT2D eigenvalue weighted by atomic mass is 32.2. The van der Waals surface area contributed by atoms with E-state index >= 15 is 0 Å². The summed E-state index contributed by atoms with van der Waals surface area (Å²) < 4.78 is 43.5. The van der Waals surface area contributed by atoms with E-state index in [9.17, 15) is 12.8 Å². The van der Waals surface area contributed by atoms with Gasteiger partial charge in [0.05, 0.1) is 23.3 Å². The molecule has 1 aromatic carbocycles. The molecule has 1 aliphatic rings. The minimum Gasteiger partial charge on any atom is -0.377 e. The van der Waals surface area contributed by atoms with E-state index in [2.05, 4.69) is 4.98 Å². The van der Waals surface area contributed by atoms with Gasteiger partial charge in [0.1, 0.15) is 10.8 Å². The molecule has 0 saturated carbocycles. The Morgan fingerprint density at radius 1 is 1.36 bits per heavy atom. The number of sulfone groups is 1. The molecule has 0 spiro atoms. The van der Waals surface area contributed by atoms with Crippen molar-refractivity contribution in [2.45, 2.75) is 24.7 Å². The Labute approximate surface area is 132 Å². The molecule has 22 heavy (non-hydrogen) atoms. The average molecular weight is 341 g/mol. The molecular weight excluding hydrogens is 325 g/mol. The van der Waals surface area contributed by atoms with Crippen LogP contribution in [0.3, 0.4) is 0 Å². The van der Waals surface area contributed by atoms with Gasteiger partial charge >= 0.3 is 0 Å². The first-order valence-electron chi connectivity index (χ1n) is 7.05. The molecule has 118 valence electrons. The minimum atomic E-state index is -3.27. The zero-order valence-corrected chi connectivity index (χ0v) is 13.5. The van der Waals surface area contributed by atoms with E-state index in [0.717, 1.165) is 12.8 Å². The van der Waals surface area contributed by atoms with Crippen LogP contribution in [-0.2, 0) is 20.3 Å². The Morgan fingerprint density at radius 2 is 2.18 bits per heavy atom. The fourth-order valence-corrected chi connectivity index (χ4v) is 4.97. The van der Waals surface area contributed by atoms with Crippen molar-refractivity contribution in [3.8, 4) is 10.6 Å². The van der Waals surface area contributed by atoms with Gasteiger partial charge in [0.15, 0.2) is 9.84 Å².